The van der Waals surface area contributed by atoms with Gasteiger partial charge in [-0.1, -0.05) is 6.92 Å². The summed E-state index contributed by atoms with van der Waals surface area (Å²) in [4.78, 5) is 0. The maximum Gasteiger partial charge on any atom is 0.0666 e. The first-order valence-corrected chi connectivity index (χ1v) is 7.82. The normalized spacial score (nSPS) is 40.1. The van der Waals surface area contributed by atoms with Crippen LogP contribution in [0.5, 0.6) is 0 Å². The third-order valence-corrected chi connectivity index (χ3v) is 5.29. The molecule has 2 heterocycles. The van der Waals surface area contributed by atoms with E-state index in [0.717, 1.165) is 18.9 Å². The molecule has 2 nitrogen and oxygen atoms in total. The quantitative estimate of drug-likeness (QED) is 0.820. The molecule has 0 spiro atoms. The van der Waals surface area contributed by atoms with Gasteiger partial charge in [-0.25, -0.2) is 0 Å². The zero-order chi connectivity index (χ0) is 11.4. The largest absolute Gasteiger partial charge is 0.375 e. The van der Waals surface area contributed by atoms with Crippen LogP contribution in [0.15, 0.2) is 0 Å². The Kier molecular flexibility index (Phi) is 4.57. The van der Waals surface area contributed by atoms with Gasteiger partial charge < -0.3 is 10.1 Å². The van der Waals surface area contributed by atoms with E-state index in [0.29, 0.717) is 6.04 Å². The molecule has 3 atom stereocenters. The zero-order valence-corrected chi connectivity index (χ0v) is 11.4. The Morgan fingerprint density at radius 2 is 2.31 bits per heavy atom. The van der Waals surface area contributed by atoms with Crippen LogP contribution in [0.4, 0.5) is 0 Å². The highest BCUT2D eigenvalue weighted by molar-refractivity contribution is 7.99. The fourth-order valence-electron chi connectivity index (χ4n) is 2.63. The minimum Gasteiger partial charge on any atom is -0.375 e. The lowest BCUT2D eigenvalue weighted by Crippen LogP contribution is -2.46. The first-order chi connectivity index (χ1) is 7.72. The van der Waals surface area contributed by atoms with Crippen molar-refractivity contribution < 1.29 is 4.74 Å². The molecule has 0 radical (unpaired) electrons. The first kappa shape index (κ1) is 12.7. The van der Waals surface area contributed by atoms with Crippen molar-refractivity contribution in [3.05, 3.63) is 0 Å². The molecule has 94 valence electrons. The van der Waals surface area contributed by atoms with E-state index in [1.807, 2.05) is 0 Å². The predicted molar refractivity (Wildman–Crippen MR) is 71.1 cm³/mol. The number of hydrogen-bond donors (Lipinski definition) is 1. The van der Waals surface area contributed by atoms with Crippen molar-refractivity contribution >= 4 is 11.8 Å². The van der Waals surface area contributed by atoms with Crippen molar-refractivity contribution in [2.75, 3.05) is 24.7 Å². The van der Waals surface area contributed by atoms with E-state index in [4.69, 9.17) is 4.74 Å². The molecular formula is C13H25NOS. The summed E-state index contributed by atoms with van der Waals surface area (Å²) in [6, 6.07) is 0.685. The van der Waals surface area contributed by atoms with Gasteiger partial charge in [0.05, 0.1) is 5.60 Å². The summed E-state index contributed by atoms with van der Waals surface area (Å²) in [5.41, 5.74) is 0.125. The van der Waals surface area contributed by atoms with Gasteiger partial charge >= 0.3 is 0 Å². The van der Waals surface area contributed by atoms with Crippen molar-refractivity contribution in [1.29, 1.82) is 0 Å². The van der Waals surface area contributed by atoms with E-state index in [-0.39, 0.29) is 5.60 Å². The van der Waals surface area contributed by atoms with Crippen molar-refractivity contribution in [1.82, 2.24) is 5.32 Å². The molecule has 3 heteroatoms. The van der Waals surface area contributed by atoms with Crippen molar-refractivity contribution in [3.63, 3.8) is 0 Å². The Morgan fingerprint density at radius 1 is 1.44 bits per heavy atom. The summed E-state index contributed by atoms with van der Waals surface area (Å²) in [6.45, 7) is 6.64. The van der Waals surface area contributed by atoms with E-state index in [1.165, 1.54) is 37.3 Å². The SMILES string of the molecule is CCC1(C)CC(NCC2CCSC2)CCO1. The molecule has 16 heavy (non-hydrogen) atoms. The molecule has 0 aromatic carbocycles. The third kappa shape index (κ3) is 3.38. The molecule has 2 fully saturated rings. The molecule has 1 N–H and O–H groups in total. The molecule has 0 aromatic heterocycles. The number of thioether (sulfide) groups is 1. The number of hydrogen-bond acceptors (Lipinski definition) is 3. The fourth-order valence-corrected chi connectivity index (χ4v) is 3.91. The van der Waals surface area contributed by atoms with Crippen molar-refractivity contribution in [3.8, 4) is 0 Å². The van der Waals surface area contributed by atoms with Gasteiger partial charge in [-0.3, -0.25) is 0 Å². The summed E-state index contributed by atoms with van der Waals surface area (Å²) < 4.78 is 5.87. The lowest BCUT2D eigenvalue weighted by Gasteiger charge is -2.38. The molecule has 0 amide bonds. The van der Waals surface area contributed by atoms with Crippen LogP contribution in [-0.2, 0) is 4.74 Å². The number of nitrogens with one attached hydrogen (secondary N) is 1. The van der Waals surface area contributed by atoms with Crippen LogP contribution >= 0.6 is 11.8 Å². The number of rotatable bonds is 4. The average molecular weight is 243 g/mol. The summed E-state index contributed by atoms with van der Waals surface area (Å²) in [5, 5.41) is 3.76. The molecule has 0 aromatic rings. The molecule has 0 bridgehead atoms. The minimum absolute atomic E-state index is 0.125. The molecule has 2 aliphatic heterocycles. The van der Waals surface area contributed by atoms with Crippen LogP contribution in [-0.4, -0.2) is 36.3 Å². The molecule has 0 saturated carbocycles. The zero-order valence-electron chi connectivity index (χ0n) is 10.6. The molecule has 2 saturated heterocycles. The van der Waals surface area contributed by atoms with Gasteiger partial charge in [0, 0.05) is 12.6 Å². The Hall–Kier alpha value is 0.270. The minimum atomic E-state index is 0.125. The van der Waals surface area contributed by atoms with E-state index in [9.17, 15) is 0 Å². The summed E-state index contributed by atoms with van der Waals surface area (Å²) in [6.07, 6.45) is 4.91. The summed E-state index contributed by atoms with van der Waals surface area (Å²) in [7, 11) is 0. The third-order valence-electron chi connectivity index (χ3n) is 4.06. The van der Waals surface area contributed by atoms with Gasteiger partial charge in [0.25, 0.3) is 0 Å². The maximum atomic E-state index is 5.87. The summed E-state index contributed by atoms with van der Waals surface area (Å²) in [5.74, 6) is 3.65. The van der Waals surface area contributed by atoms with Gasteiger partial charge in [0.1, 0.15) is 0 Å². The van der Waals surface area contributed by atoms with Crippen LogP contribution in [0.1, 0.15) is 39.5 Å². The second-order valence-corrected chi connectivity index (χ2v) is 6.63. The Bertz CT molecular complexity index is 218. The monoisotopic (exact) mass is 243 g/mol. The Balaban J connectivity index is 1.72. The number of ether oxygens (including phenoxy) is 1. The average Bonchev–Trinajstić information content (AvgIpc) is 2.80. The highest BCUT2D eigenvalue weighted by Crippen LogP contribution is 2.28. The lowest BCUT2D eigenvalue weighted by atomic mass is 9.89. The predicted octanol–water partition coefficient (Wildman–Crippen LogP) is 2.68. The van der Waals surface area contributed by atoms with Gasteiger partial charge in [0.2, 0.25) is 0 Å². The van der Waals surface area contributed by atoms with E-state index in [2.05, 4.69) is 30.9 Å². The van der Waals surface area contributed by atoms with Crippen LogP contribution in [0.2, 0.25) is 0 Å². The highest BCUT2D eigenvalue weighted by atomic mass is 32.2. The molecule has 3 unspecified atom stereocenters. The highest BCUT2D eigenvalue weighted by Gasteiger charge is 2.31. The van der Waals surface area contributed by atoms with Crippen LogP contribution in [0.3, 0.4) is 0 Å². The topological polar surface area (TPSA) is 21.3 Å². The van der Waals surface area contributed by atoms with Gasteiger partial charge in [-0.2, -0.15) is 11.8 Å². The maximum absolute atomic E-state index is 5.87. The van der Waals surface area contributed by atoms with Crippen LogP contribution in [0.25, 0.3) is 0 Å². The van der Waals surface area contributed by atoms with Gasteiger partial charge in [-0.15, -0.1) is 0 Å². The van der Waals surface area contributed by atoms with E-state index >= 15 is 0 Å². The Morgan fingerprint density at radius 3 is 3.00 bits per heavy atom. The summed E-state index contributed by atoms with van der Waals surface area (Å²) >= 11 is 2.11. The second-order valence-electron chi connectivity index (χ2n) is 5.48. The fraction of sp³-hybridized carbons (Fsp3) is 1.00. The van der Waals surface area contributed by atoms with E-state index < -0.39 is 0 Å². The van der Waals surface area contributed by atoms with Gasteiger partial charge in [-0.05, 0) is 56.6 Å². The standard InChI is InChI=1S/C13H25NOS/c1-3-13(2)8-12(4-6-15-13)14-9-11-5-7-16-10-11/h11-12,14H,3-10H2,1-2H3. The second kappa shape index (κ2) is 5.74. The molecule has 2 aliphatic rings. The smallest absolute Gasteiger partial charge is 0.0666 e. The van der Waals surface area contributed by atoms with Gasteiger partial charge in [0.15, 0.2) is 0 Å². The Labute approximate surface area is 104 Å². The molecular weight excluding hydrogens is 218 g/mol. The molecule has 2 rings (SSSR count). The first-order valence-electron chi connectivity index (χ1n) is 6.67. The van der Waals surface area contributed by atoms with Crippen LogP contribution in [0, 0.1) is 5.92 Å². The van der Waals surface area contributed by atoms with Crippen LogP contribution < -0.4 is 5.32 Å². The molecule has 0 aliphatic carbocycles. The lowest BCUT2D eigenvalue weighted by molar-refractivity contribution is -0.0781. The van der Waals surface area contributed by atoms with Crippen molar-refractivity contribution in [2.45, 2.75) is 51.2 Å². The van der Waals surface area contributed by atoms with Crippen molar-refractivity contribution in [2.24, 2.45) is 5.92 Å². The van der Waals surface area contributed by atoms with E-state index in [1.54, 1.807) is 0 Å².